The highest BCUT2D eigenvalue weighted by Gasteiger charge is 2.07. The first kappa shape index (κ1) is 18.5. The number of amides is 1. The predicted molar refractivity (Wildman–Crippen MR) is 107 cm³/mol. The van der Waals surface area contributed by atoms with Crippen molar-refractivity contribution in [2.45, 2.75) is 13.2 Å². The van der Waals surface area contributed by atoms with E-state index in [0.29, 0.717) is 18.7 Å². The fraction of sp³-hybridized carbons (Fsp3) is 0.182. The van der Waals surface area contributed by atoms with E-state index >= 15 is 0 Å². The molecule has 0 fully saturated rings. The number of hydrogen-bond acceptors (Lipinski definition) is 4. The molecular formula is C22H23N3O2. The van der Waals surface area contributed by atoms with Crippen molar-refractivity contribution < 1.29 is 9.53 Å². The number of nitrogens with zero attached hydrogens (tertiary/aromatic N) is 2. The third kappa shape index (κ3) is 5.31. The number of benzene rings is 2. The van der Waals surface area contributed by atoms with Crippen LogP contribution >= 0.6 is 0 Å². The van der Waals surface area contributed by atoms with E-state index in [1.807, 2.05) is 79.7 Å². The molecule has 0 aliphatic carbocycles. The second kappa shape index (κ2) is 8.85. The molecule has 0 spiro atoms. The molecule has 1 heterocycles. The average molecular weight is 361 g/mol. The number of para-hydroxylation sites is 1. The van der Waals surface area contributed by atoms with Gasteiger partial charge in [-0.15, -0.1) is 0 Å². The summed E-state index contributed by atoms with van der Waals surface area (Å²) in [5.74, 6) is 1.52. The van der Waals surface area contributed by atoms with Crippen molar-refractivity contribution in [3.63, 3.8) is 0 Å². The molecule has 0 aliphatic rings. The number of ether oxygens (including phenoxy) is 1. The highest BCUT2D eigenvalue weighted by atomic mass is 16.5. The number of pyridine rings is 1. The smallest absolute Gasteiger partial charge is 0.253 e. The van der Waals surface area contributed by atoms with Crippen LogP contribution in [0.1, 0.15) is 21.5 Å². The van der Waals surface area contributed by atoms with Gasteiger partial charge < -0.3 is 15.0 Å². The van der Waals surface area contributed by atoms with Gasteiger partial charge >= 0.3 is 0 Å². The Morgan fingerprint density at radius 2 is 1.78 bits per heavy atom. The van der Waals surface area contributed by atoms with E-state index in [4.69, 9.17) is 4.74 Å². The second-order valence-corrected chi connectivity index (χ2v) is 6.40. The van der Waals surface area contributed by atoms with Gasteiger partial charge in [-0.25, -0.2) is 4.98 Å². The summed E-state index contributed by atoms with van der Waals surface area (Å²) in [6.45, 7) is 0.940. The van der Waals surface area contributed by atoms with Crippen LogP contribution in [0, 0.1) is 0 Å². The fourth-order valence-corrected chi connectivity index (χ4v) is 2.58. The fourth-order valence-electron chi connectivity index (χ4n) is 2.58. The zero-order valence-electron chi connectivity index (χ0n) is 15.6. The minimum absolute atomic E-state index is 0.140. The van der Waals surface area contributed by atoms with Crippen molar-refractivity contribution in [2.75, 3.05) is 19.0 Å². The zero-order chi connectivity index (χ0) is 19.1. The van der Waals surface area contributed by atoms with Crippen LogP contribution < -0.4 is 15.0 Å². The number of rotatable bonds is 7. The highest BCUT2D eigenvalue weighted by Crippen LogP contribution is 2.13. The predicted octanol–water partition coefficient (Wildman–Crippen LogP) is 3.66. The van der Waals surface area contributed by atoms with Crippen molar-refractivity contribution in [2.24, 2.45) is 0 Å². The van der Waals surface area contributed by atoms with Crippen molar-refractivity contribution in [1.29, 1.82) is 0 Å². The van der Waals surface area contributed by atoms with Gasteiger partial charge in [0.05, 0.1) is 5.56 Å². The molecule has 0 bridgehead atoms. The van der Waals surface area contributed by atoms with E-state index in [2.05, 4.69) is 10.3 Å². The van der Waals surface area contributed by atoms with Gasteiger partial charge in [-0.3, -0.25) is 4.79 Å². The average Bonchev–Trinajstić information content (AvgIpc) is 2.71. The lowest BCUT2D eigenvalue weighted by atomic mass is 10.1. The van der Waals surface area contributed by atoms with Gasteiger partial charge in [-0.1, -0.05) is 42.5 Å². The van der Waals surface area contributed by atoms with Crippen molar-refractivity contribution >= 4 is 11.7 Å². The van der Waals surface area contributed by atoms with Gasteiger partial charge in [0.25, 0.3) is 5.91 Å². The Balaban J connectivity index is 1.55. The van der Waals surface area contributed by atoms with Gasteiger partial charge in [-0.05, 0) is 35.4 Å². The summed E-state index contributed by atoms with van der Waals surface area (Å²) in [6, 6.07) is 21.3. The third-order valence-corrected chi connectivity index (χ3v) is 4.06. The van der Waals surface area contributed by atoms with E-state index < -0.39 is 0 Å². The van der Waals surface area contributed by atoms with Crippen molar-refractivity contribution in [3.05, 3.63) is 89.6 Å². The molecule has 1 N–H and O–H groups in total. The first-order valence-corrected chi connectivity index (χ1v) is 8.79. The maximum absolute atomic E-state index is 12.3. The molecule has 5 heteroatoms. The molecule has 5 nitrogen and oxygen atoms in total. The largest absolute Gasteiger partial charge is 0.489 e. The lowest BCUT2D eigenvalue weighted by molar-refractivity contribution is 0.0950. The molecule has 27 heavy (non-hydrogen) atoms. The normalized spacial score (nSPS) is 10.3. The Morgan fingerprint density at radius 3 is 2.48 bits per heavy atom. The topological polar surface area (TPSA) is 54.5 Å². The summed E-state index contributed by atoms with van der Waals surface area (Å²) < 4.78 is 5.77. The van der Waals surface area contributed by atoms with E-state index in [-0.39, 0.29) is 5.91 Å². The minimum Gasteiger partial charge on any atom is -0.489 e. The lowest BCUT2D eigenvalue weighted by Crippen LogP contribution is -2.23. The van der Waals surface area contributed by atoms with Crippen LogP contribution in [-0.2, 0) is 13.2 Å². The van der Waals surface area contributed by atoms with Crippen LogP contribution in [0.3, 0.4) is 0 Å². The number of carbonyl (C=O) groups excluding carboxylic acids is 1. The van der Waals surface area contributed by atoms with Gasteiger partial charge in [0.1, 0.15) is 18.2 Å². The highest BCUT2D eigenvalue weighted by molar-refractivity contribution is 5.94. The van der Waals surface area contributed by atoms with Crippen LogP contribution in [0.2, 0.25) is 0 Å². The maximum atomic E-state index is 12.3. The summed E-state index contributed by atoms with van der Waals surface area (Å²) in [5, 5.41) is 2.93. The minimum atomic E-state index is -0.140. The van der Waals surface area contributed by atoms with Gasteiger partial charge in [0.2, 0.25) is 0 Å². The Morgan fingerprint density at radius 1 is 1.00 bits per heavy atom. The molecule has 1 aromatic heterocycles. The number of hydrogen-bond donors (Lipinski definition) is 1. The Kier molecular flexibility index (Phi) is 6.05. The summed E-state index contributed by atoms with van der Waals surface area (Å²) in [4.78, 5) is 18.5. The Bertz CT molecular complexity index is 878. The molecule has 1 amide bonds. The van der Waals surface area contributed by atoms with Crippen LogP contribution in [0.5, 0.6) is 5.75 Å². The molecule has 0 unspecified atom stereocenters. The van der Waals surface area contributed by atoms with Crippen LogP contribution in [-0.4, -0.2) is 25.0 Å². The SMILES string of the molecule is CN(C)c1ccc(C(=O)NCc2cccc(COc3ccccc3)c2)cn1. The van der Waals surface area contributed by atoms with Crippen molar-refractivity contribution in [1.82, 2.24) is 10.3 Å². The van der Waals surface area contributed by atoms with E-state index in [1.165, 1.54) is 0 Å². The Labute approximate surface area is 159 Å². The second-order valence-electron chi connectivity index (χ2n) is 6.40. The molecule has 0 aliphatic heterocycles. The summed E-state index contributed by atoms with van der Waals surface area (Å²) in [5.41, 5.74) is 2.63. The monoisotopic (exact) mass is 361 g/mol. The lowest BCUT2D eigenvalue weighted by Gasteiger charge is -2.11. The first-order chi connectivity index (χ1) is 13.1. The summed E-state index contributed by atoms with van der Waals surface area (Å²) in [6.07, 6.45) is 1.59. The van der Waals surface area contributed by atoms with Gasteiger partial charge in [-0.2, -0.15) is 0 Å². The molecule has 3 rings (SSSR count). The maximum Gasteiger partial charge on any atom is 0.253 e. The van der Waals surface area contributed by atoms with Gasteiger partial charge in [0, 0.05) is 26.8 Å². The quantitative estimate of drug-likeness (QED) is 0.698. The Hall–Kier alpha value is -3.34. The van der Waals surface area contributed by atoms with Gasteiger partial charge in [0.15, 0.2) is 0 Å². The number of anilines is 1. The van der Waals surface area contributed by atoms with E-state index in [0.717, 1.165) is 22.7 Å². The molecule has 0 radical (unpaired) electrons. The number of aromatic nitrogens is 1. The molecule has 2 aromatic carbocycles. The summed E-state index contributed by atoms with van der Waals surface area (Å²) >= 11 is 0. The van der Waals surface area contributed by atoms with Crippen molar-refractivity contribution in [3.8, 4) is 5.75 Å². The molecule has 3 aromatic rings. The molecule has 138 valence electrons. The van der Waals surface area contributed by atoms with E-state index in [1.54, 1.807) is 12.3 Å². The van der Waals surface area contributed by atoms with E-state index in [9.17, 15) is 4.79 Å². The summed E-state index contributed by atoms with van der Waals surface area (Å²) in [7, 11) is 3.83. The van der Waals surface area contributed by atoms with Crippen LogP contribution in [0.15, 0.2) is 72.9 Å². The molecule has 0 saturated heterocycles. The number of nitrogens with one attached hydrogen (secondary N) is 1. The standard InChI is InChI=1S/C22H23N3O2/c1-25(2)21-12-11-19(15-23-21)22(26)24-14-17-7-6-8-18(13-17)16-27-20-9-4-3-5-10-20/h3-13,15H,14,16H2,1-2H3,(H,24,26). The molecule has 0 saturated carbocycles. The first-order valence-electron chi connectivity index (χ1n) is 8.79. The third-order valence-electron chi connectivity index (χ3n) is 4.06. The molecular weight excluding hydrogens is 338 g/mol. The zero-order valence-corrected chi connectivity index (χ0v) is 15.6. The molecule has 0 atom stereocenters. The number of carbonyl (C=O) groups is 1. The van der Waals surface area contributed by atoms with Crippen LogP contribution in [0.25, 0.3) is 0 Å². The van der Waals surface area contributed by atoms with Crippen LogP contribution in [0.4, 0.5) is 5.82 Å².